The van der Waals surface area contributed by atoms with Crippen molar-refractivity contribution in [3.63, 3.8) is 0 Å². The van der Waals surface area contributed by atoms with E-state index in [2.05, 4.69) is 29.7 Å². The third-order valence-electron chi connectivity index (χ3n) is 5.61. The van der Waals surface area contributed by atoms with Gasteiger partial charge in [-0.05, 0) is 74.2 Å². The summed E-state index contributed by atoms with van der Waals surface area (Å²) in [5.41, 5.74) is 8.65. The number of aromatic nitrogens is 1. The van der Waals surface area contributed by atoms with Crippen molar-refractivity contribution in [2.45, 2.75) is 24.2 Å². The number of nitrogen functional groups attached to an aromatic ring is 1. The summed E-state index contributed by atoms with van der Waals surface area (Å²) >= 11 is 0. The number of para-hydroxylation sites is 1. The molecule has 0 spiro atoms. The molecule has 0 bridgehead atoms. The average Bonchev–Trinajstić information content (AvgIpc) is 3.07. The quantitative estimate of drug-likeness (QED) is 0.609. The molecule has 6 heteroatoms. The summed E-state index contributed by atoms with van der Waals surface area (Å²) in [5.74, 6) is 0.651. The molecule has 29 heavy (non-hydrogen) atoms. The van der Waals surface area contributed by atoms with Crippen molar-refractivity contribution in [3.05, 3.63) is 66.4 Å². The maximum atomic E-state index is 12.6. The molecule has 1 aromatic heterocycles. The molecular weight excluding hydrogens is 382 g/mol. The zero-order chi connectivity index (χ0) is 20.3. The Morgan fingerprint density at radius 3 is 2.55 bits per heavy atom. The van der Waals surface area contributed by atoms with Crippen LogP contribution in [0.2, 0.25) is 0 Å². The van der Waals surface area contributed by atoms with Gasteiger partial charge in [0.05, 0.1) is 16.2 Å². The van der Waals surface area contributed by atoms with Crippen LogP contribution in [0.5, 0.6) is 0 Å². The Bertz CT molecular complexity index is 1110. The highest BCUT2D eigenvalue weighted by atomic mass is 32.2. The first kappa shape index (κ1) is 19.7. The van der Waals surface area contributed by atoms with Gasteiger partial charge in [-0.25, -0.2) is 8.42 Å². The molecule has 1 aliphatic rings. The van der Waals surface area contributed by atoms with Gasteiger partial charge >= 0.3 is 0 Å². The van der Waals surface area contributed by atoms with Gasteiger partial charge in [0.1, 0.15) is 0 Å². The normalized spacial score (nSPS) is 16.0. The number of hydrogen-bond donors (Lipinski definition) is 2. The Morgan fingerprint density at radius 1 is 1.07 bits per heavy atom. The van der Waals surface area contributed by atoms with E-state index in [1.165, 1.54) is 23.8 Å². The van der Waals surface area contributed by atoms with Crippen molar-refractivity contribution in [1.29, 1.82) is 0 Å². The van der Waals surface area contributed by atoms with Crippen LogP contribution in [0, 0.1) is 5.92 Å². The summed E-state index contributed by atoms with van der Waals surface area (Å²) in [6, 6.07) is 14.7. The molecule has 1 saturated heterocycles. The fraction of sp³-hybridized carbons (Fsp3) is 0.304. The highest BCUT2D eigenvalue weighted by Gasteiger charge is 2.17. The minimum absolute atomic E-state index is 0.0486. The van der Waals surface area contributed by atoms with Gasteiger partial charge in [0.2, 0.25) is 0 Å². The molecule has 2 aromatic carbocycles. The van der Waals surface area contributed by atoms with E-state index in [1.807, 2.05) is 16.8 Å². The van der Waals surface area contributed by atoms with Gasteiger partial charge in [-0.2, -0.15) is 0 Å². The minimum atomic E-state index is -3.38. The highest BCUT2D eigenvalue weighted by molar-refractivity contribution is 7.91. The molecule has 2 heterocycles. The fourth-order valence-electron chi connectivity index (χ4n) is 4.01. The number of nitrogens with two attached hydrogens (primary N) is 1. The van der Waals surface area contributed by atoms with E-state index in [9.17, 15) is 8.42 Å². The number of rotatable bonds is 6. The first-order valence-electron chi connectivity index (χ1n) is 10.1. The summed E-state index contributed by atoms with van der Waals surface area (Å²) in [6.07, 6.45) is 9.20. The number of fused-ring (bicyclic) bond motifs is 1. The molecule has 4 rings (SSSR count). The molecule has 0 aliphatic carbocycles. The molecule has 0 unspecified atom stereocenters. The zero-order valence-electron chi connectivity index (χ0n) is 16.4. The average molecular weight is 410 g/mol. The van der Waals surface area contributed by atoms with Crippen LogP contribution in [0.25, 0.3) is 17.1 Å². The number of benzene rings is 2. The monoisotopic (exact) mass is 409 g/mol. The van der Waals surface area contributed by atoms with E-state index < -0.39 is 9.84 Å². The fourth-order valence-corrected chi connectivity index (χ4v) is 5.10. The Hall–Kier alpha value is -2.57. The topological polar surface area (TPSA) is 77.1 Å². The van der Waals surface area contributed by atoms with Crippen molar-refractivity contribution in [1.82, 2.24) is 9.88 Å². The predicted octanol–water partition coefficient (Wildman–Crippen LogP) is 3.71. The number of hydrogen-bond acceptors (Lipinski definition) is 4. The summed E-state index contributed by atoms with van der Waals surface area (Å²) in [4.78, 5) is 0.292. The molecule has 0 radical (unpaired) electrons. The van der Waals surface area contributed by atoms with Gasteiger partial charge in [-0.3, -0.25) is 0 Å². The second-order valence-corrected chi connectivity index (χ2v) is 9.75. The lowest BCUT2D eigenvalue weighted by molar-refractivity contribution is 0.373. The highest BCUT2D eigenvalue weighted by Crippen LogP contribution is 2.27. The van der Waals surface area contributed by atoms with Crippen molar-refractivity contribution < 1.29 is 8.42 Å². The number of piperidine rings is 1. The summed E-state index contributed by atoms with van der Waals surface area (Å²) < 4.78 is 27.2. The van der Waals surface area contributed by atoms with Crippen LogP contribution in [-0.4, -0.2) is 31.8 Å². The molecule has 3 N–H and O–H groups in total. The molecule has 152 valence electrons. The summed E-state index contributed by atoms with van der Waals surface area (Å²) in [5, 5.41) is 4.67. The van der Waals surface area contributed by atoms with Gasteiger partial charge in [-0.1, -0.05) is 24.3 Å². The van der Waals surface area contributed by atoms with Gasteiger partial charge in [0, 0.05) is 23.5 Å². The smallest absolute Gasteiger partial charge is 0.181 e. The molecule has 3 aromatic rings. The molecular formula is C23H27N3O2S. The van der Waals surface area contributed by atoms with Gasteiger partial charge in [0.15, 0.2) is 9.84 Å². The van der Waals surface area contributed by atoms with E-state index in [1.54, 1.807) is 30.3 Å². The van der Waals surface area contributed by atoms with Crippen molar-refractivity contribution in [3.8, 4) is 0 Å². The van der Waals surface area contributed by atoms with Crippen LogP contribution in [0.15, 0.2) is 65.7 Å². The van der Waals surface area contributed by atoms with Crippen molar-refractivity contribution in [2.24, 2.45) is 5.92 Å². The zero-order valence-corrected chi connectivity index (χ0v) is 17.2. The Labute approximate surface area is 172 Å². The minimum Gasteiger partial charge on any atom is -0.399 e. The molecule has 0 amide bonds. The first-order chi connectivity index (χ1) is 14.0. The lowest BCUT2D eigenvalue weighted by Crippen LogP contribution is -2.28. The standard InChI is InChI=1S/C23H27N3O2S/c24-20-6-8-21(9-7-20)29(27,28)15-3-14-26-17-19(16-18-10-12-25-13-11-18)22-4-1-2-5-23(22)26/h1-9,14,17-18,25H,10-13,15-16,24H2. The first-order valence-corrected chi connectivity index (χ1v) is 11.7. The van der Waals surface area contributed by atoms with E-state index in [0.717, 1.165) is 25.0 Å². The number of anilines is 1. The molecule has 1 fully saturated rings. The lowest BCUT2D eigenvalue weighted by atomic mass is 9.91. The van der Waals surface area contributed by atoms with Crippen LogP contribution in [0.1, 0.15) is 18.4 Å². The predicted molar refractivity (Wildman–Crippen MR) is 119 cm³/mol. The van der Waals surface area contributed by atoms with Crippen LogP contribution in [0.3, 0.4) is 0 Å². The van der Waals surface area contributed by atoms with Crippen LogP contribution in [0.4, 0.5) is 5.69 Å². The van der Waals surface area contributed by atoms with Gasteiger partial charge in [0.25, 0.3) is 0 Å². The van der Waals surface area contributed by atoms with Crippen molar-refractivity contribution >= 4 is 32.6 Å². The van der Waals surface area contributed by atoms with Crippen molar-refractivity contribution in [2.75, 3.05) is 24.6 Å². The summed E-state index contributed by atoms with van der Waals surface area (Å²) in [7, 11) is -3.38. The lowest BCUT2D eigenvalue weighted by Gasteiger charge is -2.22. The maximum absolute atomic E-state index is 12.6. The Kier molecular flexibility index (Phi) is 5.74. The largest absolute Gasteiger partial charge is 0.399 e. The van der Waals surface area contributed by atoms with Crippen LogP contribution < -0.4 is 11.1 Å². The SMILES string of the molecule is Nc1ccc(S(=O)(=O)CC=Cn2cc(CC3CCNCC3)c3ccccc32)cc1. The molecule has 1 aliphatic heterocycles. The third kappa shape index (κ3) is 4.54. The van der Waals surface area contributed by atoms with E-state index in [-0.39, 0.29) is 5.75 Å². The maximum Gasteiger partial charge on any atom is 0.181 e. The second-order valence-electron chi connectivity index (χ2n) is 7.71. The van der Waals surface area contributed by atoms with E-state index >= 15 is 0 Å². The number of nitrogens with one attached hydrogen (secondary N) is 1. The van der Waals surface area contributed by atoms with Crippen LogP contribution in [-0.2, 0) is 16.3 Å². The van der Waals surface area contributed by atoms with E-state index in [4.69, 9.17) is 5.73 Å². The number of sulfone groups is 1. The Morgan fingerprint density at radius 2 is 1.79 bits per heavy atom. The third-order valence-corrected chi connectivity index (χ3v) is 7.23. The summed E-state index contributed by atoms with van der Waals surface area (Å²) in [6.45, 7) is 2.18. The second kappa shape index (κ2) is 8.43. The molecule has 0 saturated carbocycles. The number of nitrogens with zero attached hydrogens (tertiary/aromatic N) is 1. The van der Waals surface area contributed by atoms with E-state index in [0.29, 0.717) is 16.5 Å². The molecule has 5 nitrogen and oxygen atoms in total. The molecule has 0 atom stereocenters. The van der Waals surface area contributed by atoms with Crippen LogP contribution >= 0.6 is 0 Å². The Balaban J connectivity index is 1.55. The van der Waals surface area contributed by atoms with Gasteiger partial charge < -0.3 is 15.6 Å². The van der Waals surface area contributed by atoms with Gasteiger partial charge in [-0.15, -0.1) is 0 Å².